The van der Waals surface area contributed by atoms with E-state index in [0.29, 0.717) is 6.54 Å². The number of methoxy groups -OCH3 is 1. The highest BCUT2D eigenvalue weighted by Crippen LogP contribution is 2.39. The van der Waals surface area contributed by atoms with Gasteiger partial charge in [-0.25, -0.2) is 0 Å². The molecule has 0 saturated heterocycles. The van der Waals surface area contributed by atoms with E-state index in [2.05, 4.69) is 5.32 Å². The van der Waals surface area contributed by atoms with Gasteiger partial charge in [0.25, 0.3) is 0 Å². The molecular formula is C16H15ClN2OS. The van der Waals surface area contributed by atoms with Gasteiger partial charge in [-0.05, 0) is 36.4 Å². The van der Waals surface area contributed by atoms with E-state index >= 15 is 0 Å². The summed E-state index contributed by atoms with van der Waals surface area (Å²) in [5.41, 5.74) is 7.52. The van der Waals surface area contributed by atoms with E-state index in [1.807, 2.05) is 42.5 Å². The van der Waals surface area contributed by atoms with Gasteiger partial charge in [-0.3, -0.25) is 0 Å². The summed E-state index contributed by atoms with van der Waals surface area (Å²) in [4.78, 5) is 1.14. The summed E-state index contributed by atoms with van der Waals surface area (Å²) in [6.45, 7) is 0.684. The Labute approximate surface area is 132 Å². The summed E-state index contributed by atoms with van der Waals surface area (Å²) >= 11 is 7.73. The number of rotatable bonds is 4. The van der Waals surface area contributed by atoms with Crippen LogP contribution in [-0.2, 0) is 6.54 Å². The maximum absolute atomic E-state index is 6.05. The normalized spacial score (nSPS) is 10.8. The van der Waals surface area contributed by atoms with Crippen LogP contribution in [0.3, 0.4) is 0 Å². The minimum atomic E-state index is 0.684. The van der Waals surface area contributed by atoms with E-state index in [9.17, 15) is 0 Å². The third-order valence-electron chi connectivity index (χ3n) is 3.22. The number of benzene rings is 2. The zero-order valence-corrected chi connectivity index (χ0v) is 13.1. The first-order chi connectivity index (χ1) is 10.2. The first-order valence-electron chi connectivity index (χ1n) is 6.51. The van der Waals surface area contributed by atoms with Gasteiger partial charge in [0.2, 0.25) is 0 Å². The van der Waals surface area contributed by atoms with E-state index in [0.717, 1.165) is 37.1 Å². The molecule has 1 aromatic heterocycles. The Bertz CT molecular complexity index is 785. The summed E-state index contributed by atoms with van der Waals surface area (Å²) in [6.07, 6.45) is 0. The Morgan fingerprint density at radius 2 is 2.10 bits per heavy atom. The minimum Gasteiger partial charge on any atom is -0.495 e. The van der Waals surface area contributed by atoms with Crippen molar-refractivity contribution in [1.82, 2.24) is 0 Å². The first-order valence-corrected chi connectivity index (χ1v) is 7.71. The number of anilines is 2. The van der Waals surface area contributed by atoms with Crippen LogP contribution in [0.5, 0.6) is 5.75 Å². The van der Waals surface area contributed by atoms with E-state index in [4.69, 9.17) is 22.1 Å². The molecule has 0 fully saturated rings. The van der Waals surface area contributed by atoms with E-state index in [1.54, 1.807) is 18.4 Å². The number of nitrogens with one attached hydrogen (secondary N) is 1. The smallest absolute Gasteiger partial charge is 0.142 e. The standard InChI is InChI=1S/C16H15ClN2OS/c1-20-16-13-6-5-10(17)7-14(13)21-15(16)9-19-12-4-2-3-11(18)8-12/h2-8,19H,9,18H2,1H3. The zero-order chi connectivity index (χ0) is 14.8. The van der Waals surface area contributed by atoms with E-state index in [-0.39, 0.29) is 0 Å². The molecule has 0 unspecified atom stereocenters. The van der Waals surface area contributed by atoms with Gasteiger partial charge in [-0.2, -0.15) is 0 Å². The molecule has 3 rings (SSSR count). The topological polar surface area (TPSA) is 47.3 Å². The van der Waals surface area contributed by atoms with Crippen molar-refractivity contribution in [3.63, 3.8) is 0 Å². The van der Waals surface area contributed by atoms with Crippen molar-refractivity contribution in [3.05, 3.63) is 52.4 Å². The van der Waals surface area contributed by atoms with Gasteiger partial charge in [0.15, 0.2) is 0 Å². The van der Waals surface area contributed by atoms with E-state index < -0.39 is 0 Å². The molecule has 0 amide bonds. The van der Waals surface area contributed by atoms with Crippen LogP contribution in [0.25, 0.3) is 10.1 Å². The second kappa shape index (κ2) is 5.84. The van der Waals surface area contributed by atoms with Crippen molar-refractivity contribution >= 4 is 44.4 Å². The first kappa shape index (κ1) is 14.0. The van der Waals surface area contributed by atoms with Crippen LogP contribution in [0.2, 0.25) is 5.02 Å². The summed E-state index contributed by atoms with van der Waals surface area (Å²) < 4.78 is 6.68. The lowest BCUT2D eigenvalue weighted by Crippen LogP contribution is -1.99. The van der Waals surface area contributed by atoms with Crippen LogP contribution in [0.15, 0.2) is 42.5 Å². The lowest BCUT2D eigenvalue weighted by molar-refractivity contribution is 0.417. The predicted molar refractivity (Wildman–Crippen MR) is 91.6 cm³/mol. The quantitative estimate of drug-likeness (QED) is 0.682. The summed E-state index contributed by atoms with van der Waals surface area (Å²) in [5, 5.41) is 5.20. The maximum atomic E-state index is 6.05. The molecule has 0 aliphatic carbocycles. The molecule has 0 bridgehead atoms. The minimum absolute atomic E-state index is 0.684. The Kier molecular flexibility index (Phi) is 3.90. The lowest BCUT2D eigenvalue weighted by Gasteiger charge is -2.07. The monoisotopic (exact) mass is 318 g/mol. The summed E-state index contributed by atoms with van der Waals surface area (Å²) in [7, 11) is 1.69. The van der Waals surface area contributed by atoms with Gasteiger partial charge in [0, 0.05) is 26.5 Å². The summed E-state index contributed by atoms with van der Waals surface area (Å²) in [5.74, 6) is 0.906. The molecule has 0 aliphatic heterocycles. The highest BCUT2D eigenvalue weighted by atomic mass is 35.5. The molecule has 3 N–H and O–H groups in total. The number of halogens is 1. The fourth-order valence-electron chi connectivity index (χ4n) is 2.27. The second-order valence-electron chi connectivity index (χ2n) is 4.68. The average molecular weight is 319 g/mol. The highest BCUT2D eigenvalue weighted by Gasteiger charge is 2.12. The molecule has 21 heavy (non-hydrogen) atoms. The molecule has 1 heterocycles. The second-order valence-corrected chi connectivity index (χ2v) is 6.25. The van der Waals surface area contributed by atoms with Gasteiger partial charge in [0.05, 0.1) is 18.5 Å². The molecule has 0 saturated carbocycles. The average Bonchev–Trinajstić information content (AvgIpc) is 2.81. The number of thiophene rings is 1. The van der Waals surface area contributed by atoms with Crippen molar-refractivity contribution in [1.29, 1.82) is 0 Å². The largest absolute Gasteiger partial charge is 0.495 e. The Balaban J connectivity index is 1.89. The molecule has 2 aromatic carbocycles. The fraction of sp³-hybridized carbons (Fsp3) is 0.125. The number of ether oxygens (including phenoxy) is 1. The maximum Gasteiger partial charge on any atom is 0.142 e. The molecule has 0 spiro atoms. The van der Waals surface area contributed by atoms with Crippen molar-refractivity contribution in [3.8, 4) is 5.75 Å². The van der Waals surface area contributed by atoms with Crippen LogP contribution in [0, 0.1) is 0 Å². The van der Waals surface area contributed by atoms with Gasteiger partial charge in [0.1, 0.15) is 5.75 Å². The van der Waals surface area contributed by atoms with Crippen molar-refractivity contribution in [2.24, 2.45) is 0 Å². The van der Waals surface area contributed by atoms with Gasteiger partial charge >= 0.3 is 0 Å². The molecule has 0 atom stereocenters. The van der Waals surface area contributed by atoms with Crippen molar-refractivity contribution in [2.75, 3.05) is 18.2 Å². The Morgan fingerprint density at radius 1 is 1.24 bits per heavy atom. The number of nitrogens with two attached hydrogens (primary N) is 1. The van der Waals surface area contributed by atoms with Crippen LogP contribution >= 0.6 is 22.9 Å². The molecule has 108 valence electrons. The van der Waals surface area contributed by atoms with E-state index in [1.165, 1.54) is 0 Å². The fourth-order valence-corrected chi connectivity index (χ4v) is 3.66. The molecule has 0 radical (unpaired) electrons. The van der Waals surface area contributed by atoms with Crippen LogP contribution in [-0.4, -0.2) is 7.11 Å². The molecule has 0 aliphatic rings. The third kappa shape index (κ3) is 2.91. The number of nitrogen functional groups attached to an aromatic ring is 1. The molecule has 5 heteroatoms. The lowest BCUT2D eigenvalue weighted by atomic mass is 10.2. The van der Waals surface area contributed by atoms with Crippen molar-refractivity contribution in [2.45, 2.75) is 6.54 Å². The number of hydrogen-bond acceptors (Lipinski definition) is 4. The van der Waals surface area contributed by atoms with Crippen LogP contribution in [0.4, 0.5) is 11.4 Å². The summed E-state index contributed by atoms with van der Waals surface area (Å²) in [6, 6.07) is 13.6. The van der Waals surface area contributed by atoms with Crippen molar-refractivity contribution < 1.29 is 4.74 Å². The predicted octanol–water partition coefficient (Wildman–Crippen LogP) is 4.76. The van der Waals surface area contributed by atoms with Gasteiger partial charge < -0.3 is 15.8 Å². The SMILES string of the molecule is COc1c(CNc2cccc(N)c2)sc2cc(Cl)ccc12. The number of fused-ring (bicyclic) bond motifs is 1. The highest BCUT2D eigenvalue weighted by molar-refractivity contribution is 7.19. The Morgan fingerprint density at radius 3 is 2.86 bits per heavy atom. The molecule has 3 aromatic rings. The van der Waals surface area contributed by atoms with Crippen LogP contribution in [0.1, 0.15) is 4.88 Å². The van der Waals surface area contributed by atoms with Gasteiger partial charge in [-0.1, -0.05) is 17.7 Å². The number of hydrogen-bond donors (Lipinski definition) is 2. The zero-order valence-electron chi connectivity index (χ0n) is 11.5. The van der Waals surface area contributed by atoms with Gasteiger partial charge in [-0.15, -0.1) is 11.3 Å². The van der Waals surface area contributed by atoms with Crippen LogP contribution < -0.4 is 15.8 Å². The molecule has 3 nitrogen and oxygen atoms in total. The Hall–Kier alpha value is -1.91. The molecular weight excluding hydrogens is 304 g/mol. The third-order valence-corrected chi connectivity index (χ3v) is 4.59.